The Morgan fingerprint density at radius 2 is 1.50 bits per heavy atom. The molecule has 2 aromatic carbocycles. The molecule has 40 heavy (non-hydrogen) atoms. The van der Waals surface area contributed by atoms with Crippen molar-refractivity contribution in [3.8, 4) is 11.5 Å². The van der Waals surface area contributed by atoms with Crippen LogP contribution in [0.4, 0.5) is 16.2 Å². The first kappa shape index (κ1) is 32.9. The number of urea groups is 1. The topological polar surface area (TPSA) is 120 Å². The van der Waals surface area contributed by atoms with Gasteiger partial charge in [0.15, 0.2) is 5.75 Å². The molecule has 0 aliphatic carbocycles. The van der Waals surface area contributed by atoms with Crippen molar-refractivity contribution in [2.24, 2.45) is 0 Å². The summed E-state index contributed by atoms with van der Waals surface area (Å²) in [4.78, 5) is 27.1. The van der Waals surface area contributed by atoms with Crippen LogP contribution in [0.3, 0.4) is 0 Å². The average Bonchev–Trinajstić information content (AvgIpc) is 2.89. The van der Waals surface area contributed by atoms with Crippen molar-refractivity contribution >= 4 is 34.6 Å². The predicted molar refractivity (Wildman–Crippen MR) is 164 cm³/mol. The third-order valence-electron chi connectivity index (χ3n) is 6.61. The normalized spacial score (nSPS) is 12.0. The third-order valence-corrected chi connectivity index (χ3v) is 7.33. The van der Waals surface area contributed by atoms with E-state index in [2.05, 4.69) is 69.0 Å². The van der Waals surface area contributed by atoms with Crippen LogP contribution in [0.5, 0.6) is 11.5 Å². The van der Waals surface area contributed by atoms with E-state index >= 15 is 0 Å². The summed E-state index contributed by atoms with van der Waals surface area (Å²) in [6.45, 7) is 19.5. The number of hydrogen-bond donors (Lipinski definition) is 4. The molecule has 2 aromatic rings. The second kappa shape index (κ2) is 14.9. The zero-order chi connectivity index (χ0) is 30.1. The first-order valence-corrected chi connectivity index (χ1v) is 15.2. The van der Waals surface area contributed by atoms with Crippen LogP contribution in [0.25, 0.3) is 0 Å². The highest BCUT2D eigenvalue weighted by atomic mass is 32.2. The number of nitrogens with zero attached hydrogens (tertiary/aromatic N) is 1. The summed E-state index contributed by atoms with van der Waals surface area (Å²) in [5, 5.41) is 16.2. The molecule has 0 bridgehead atoms. The maximum atomic E-state index is 13.4. The fourth-order valence-electron chi connectivity index (χ4n) is 4.22. The lowest BCUT2D eigenvalue weighted by Crippen LogP contribution is -2.31. The molecule has 1 atom stereocenters. The molecular weight excluding hydrogens is 528 g/mol. The molecule has 4 N–H and O–H groups in total. The lowest BCUT2D eigenvalue weighted by Gasteiger charge is -2.23. The highest BCUT2D eigenvalue weighted by Crippen LogP contribution is 2.39. The molecule has 0 radical (unpaired) electrons. The zero-order valence-electron chi connectivity index (χ0n) is 25.3. The molecule has 0 saturated carbocycles. The van der Waals surface area contributed by atoms with E-state index in [1.165, 1.54) is 17.7 Å². The number of phenols is 1. The second-order valence-corrected chi connectivity index (χ2v) is 11.5. The van der Waals surface area contributed by atoms with Crippen LogP contribution >= 0.6 is 0 Å². The quantitative estimate of drug-likeness (QED) is 0.154. The van der Waals surface area contributed by atoms with E-state index in [4.69, 9.17) is 4.18 Å². The summed E-state index contributed by atoms with van der Waals surface area (Å²) in [6, 6.07) is 6.52. The first-order chi connectivity index (χ1) is 18.8. The van der Waals surface area contributed by atoms with Gasteiger partial charge in [-0.1, -0.05) is 60.6 Å². The number of aromatic hydroxyl groups is 1. The fourth-order valence-corrected chi connectivity index (χ4v) is 4.91. The number of hydrogen-bond acceptors (Lipinski definition) is 5. The Balaban J connectivity index is 2.51. The minimum Gasteiger partial charge on any atom is -0.505 e. The van der Waals surface area contributed by atoms with Crippen molar-refractivity contribution in [1.29, 1.82) is 0 Å². The molecule has 9 nitrogen and oxygen atoms in total. The maximum absolute atomic E-state index is 13.4. The summed E-state index contributed by atoms with van der Waals surface area (Å²) in [7, 11) is 0. The standard InChI is InChI=1S/C30H46N4O5S/c1-10-13-31-30(37)32-26-17-22(16-25(27(26)35)29(36)34(11-2)12-3)33-40(38)39-28-23(19(6)7)14-21(18(4)5)15-24(28)20(8)9/h14-20,33,35H,10-13H2,1-9H3,(H2,31,32,37). The molecule has 0 heterocycles. The molecule has 0 fully saturated rings. The lowest BCUT2D eigenvalue weighted by molar-refractivity contribution is 0.0770. The SMILES string of the molecule is CCCNC(=O)Nc1cc(NS(=O)Oc2c(C(C)C)cc(C(C)C)cc2C(C)C)cc(C(=O)N(CC)CC)c1O. The Bertz CT molecular complexity index is 1180. The summed E-state index contributed by atoms with van der Waals surface area (Å²) >= 11 is -2.05. The highest BCUT2D eigenvalue weighted by molar-refractivity contribution is 7.82. The Hall–Kier alpha value is -3.27. The molecule has 0 aliphatic heterocycles. The van der Waals surface area contributed by atoms with Crippen LogP contribution in [-0.2, 0) is 11.3 Å². The van der Waals surface area contributed by atoms with Gasteiger partial charge >= 0.3 is 17.3 Å². The smallest absolute Gasteiger partial charge is 0.319 e. The number of rotatable bonds is 13. The molecule has 0 aliphatic rings. The number of carbonyl (C=O) groups excluding carboxylic acids is 2. The molecule has 3 amide bonds. The number of benzene rings is 2. The van der Waals surface area contributed by atoms with E-state index in [9.17, 15) is 18.9 Å². The first-order valence-electron chi connectivity index (χ1n) is 14.1. The Morgan fingerprint density at radius 3 is 1.98 bits per heavy atom. The monoisotopic (exact) mass is 574 g/mol. The molecular formula is C30H46N4O5S. The molecule has 10 heteroatoms. The molecule has 0 aromatic heterocycles. The summed E-state index contributed by atoms with van der Waals surface area (Å²) in [6.07, 6.45) is 0.734. The van der Waals surface area contributed by atoms with E-state index in [0.29, 0.717) is 31.3 Å². The summed E-state index contributed by atoms with van der Waals surface area (Å²) in [5.74, 6) is 0.375. The molecule has 2 rings (SSSR count). The number of anilines is 2. The van der Waals surface area contributed by atoms with Crippen LogP contribution in [0.15, 0.2) is 24.3 Å². The van der Waals surface area contributed by atoms with Crippen molar-refractivity contribution in [1.82, 2.24) is 10.2 Å². The van der Waals surface area contributed by atoms with Gasteiger partial charge in [-0.3, -0.25) is 9.52 Å². The van der Waals surface area contributed by atoms with Crippen molar-refractivity contribution in [2.75, 3.05) is 29.7 Å². The van der Waals surface area contributed by atoms with Gasteiger partial charge in [-0.25, -0.2) is 4.79 Å². The molecule has 0 saturated heterocycles. The van der Waals surface area contributed by atoms with Gasteiger partial charge in [-0.2, -0.15) is 4.21 Å². The van der Waals surface area contributed by atoms with E-state index in [0.717, 1.165) is 17.5 Å². The van der Waals surface area contributed by atoms with Gasteiger partial charge < -0.3 is 24.8 Å². The number of carbonyl (C=O) groups is 2. The van der Waals surface area contributed by atoms with Gasteiger partial charge in [0.1, 0.15) is 5.75 Å². The van der Waals surface area contributed by atoms with Gasteiger partial charge in [0, 0.05) is 19.6 Å². The van der Waals surface area contributed by atoms with Gasteiger partial charge in [0.05, 0.1) is 16.9 Å². The Kier molecular flexibility index (Phi) is 12.3. The van der Waals surface area contributed by atoms with Crippen LogP contribution < -0.4 is 19.5 Å². The fraction of sp³-hybridized carbons (Fsp3) is 0.533. The van der Waals surface area contributed by atoms with E-state index in [1.807, 2.05) is 20.8 Å². The Labute approximate surface area is 241 Å². The van der Waals surface area contributed by atoms with Crippen molar-refractivity contribution < 1.29 is 23.1 Å². The summed E-state index contributed by atoms with van der Waals surface area (Å²) in [5.41, 5.74) is 3.34. The molecule has 222 valence electrons. The highest BCUT2D eigenvalue weighted by Gasteiger charge is 2.24. The lowest BCUT2D eigenvalue weighted by atomic mass is 9.88. The minimum atomic E-state index is -2.05. The predicted octanol–water partition coefficient (Wildman–Crippen LogP) is 6.85. The van der Waals surface area contributed by atoms with Crippen LogP contribution in [0.2, 0.25) is 0 Å². The second-order valence-electron chi connectivity index (χ2n) is 10.7. The van der Waals surface area contributed by atoms with Gasteiger partial charge in [0.2, 0.25) is 0 Å². The molecule has 1 unspecified atom stereocenters. The van der Waals surface area contributed by atoms with Gasteiger partial charge in [-0.15, -0.1) is 0 Å². The van der Waals surface area contributed by atoms with E-state index in [1.54, 1.807) is 4.90 Å². The van der Waals surface area contributed by atoms with Crippen molar-refractivity contribution in [3.63, 3.8) is 0 Å². The van der Waals surface area contributed by atoms with Crippen LogP contribution in [0, 0.1) is 0 Å². The largest absolute Gasteiger partial charge is 0.505 e. The van der Waals surface area contributed by atoms with Crippen LogP contribution in [0.1, 0.15) is 114 Å². The zero-order valence-corrected chi connectivity index (χ0v) is 26.1. The molecule has 0 spiro atoms. The van der Waals surface area contributed by atoms with Crippen LogP contribution in [-0.4, -0.2) is 45.8 Å². The minimum absolute atomic E-state index is 0.0122. The third kappa shape index (κ3) is 8.36. The van der Waals surface area contributed by atoms with Crippen molar-refractivity contribution in [2.45, 2.75) is 86.5 Å². The Morgan fingerprint density at radius 1 is 0.925 bits per heavy atom. The van der Waals surface area contributed by atoms with Gasteiger partial charge in [0.25, 0.3) is 5.91 Å². The number of amides is 3. The van der Waals surface area contributed by atoms with E-state index < -0.39 is 23.2 Å². The van der Waals surface area contributed by atoms with Crippen molar-refractivity contribution in [3.05, 3.63) is 46.5 Å². The number of nitrogens with one attached hydrogen (secondary N) is 3. The van der Waals surface area contributed by atoms with E-state index in [-0.39, 0.29) is 34.5 Å². The maximum Gasteiger partial charge on any atom is 0.319 e. The van der Waals surface area contributed by atoms with Gasteiger partial charge in [-0.05, 0) is 66.8 Å². The number of phenolic OH excluding ortho intramolecular Hbond substituents is 1. The summed E-state index contributed by atoms with van der Waals surface area (Å²) < 4.78 is 22.2. The average molecular weight is 575 g/mol.